The van der Waals surface area contributed by atoms with Gasteiger partial charge in [0.15, 0.2) is 11.5 Å². The van der Waals surface area contributed by atoms with Crippen LogP contribution in [0, 0.1) is 11.3 Å². The summed E-state index contributed by atoms with van der Waals surface area (Å²) in [5, 5.41) is 3.59. The van der Waals surface area contributed by atoms with Crippen LogP contribution in [0.2, 0.25) is 0 Å². The molecule has 2 atom stereocenters. The van der Waals surface area contributed by atoms with E-state index in [2.05, 4.69) is 22.3 Å². The van der Waals surface area contributed by atoms with Gasteiger partial charge < -0.3 is 29.2 Å². The van der Waals surface area contributed by atoms with Crippen molar-refractivity contribution in [1.29, 1.82) is 0 Å². The molecule has 6 nitrogen and oxygen atoms in total. The number of piperidine rings is 1. The molecule has 0 saturated carbocycles. The maximum atomic E-state index is 6.45. The zero-order valence-electron chi connectivity index (χ0n) is 17.9. The Morgan fingerprint density at radius 1 is 1.13 bits per heavy atom. The van der Waals surface area contributed by atoms with E-state index in [-0.39, 0.29) is 30.4 Å². The minimum Gasteiger partial charge on any atom is -0.493 e. The third-order valence-corrected chi connectivity index (χ3v) is 7.49. The van der Waals surface area contributed by atoms with Crippen molar-refractivity contribution in [2.24, 2.45) is 11.3 Å². The highest BCUT2D eigenvalue weighted by Crippen LogP contribution is 2.46. The highest BCUT2D eigenvalue weighted by molar-refractivity contribution is 5.85. The summed E-state index contributed by atoms with van der Waals surface area (Å²) in [6, 6.07) is 4.30. The maximum absolute atomic E-state index is 6.45. The van der Waals surface area contributed by atoms with E-state index in [1.807, 2.05) is 0 Å². The molecule has 0 unspecified atom stereocenters. The molecule has 4 aliphatic rings. The summed E-state index contributed by atoms with van der Waals surface area (Å²) in [6.07, 6.45) is 3.00. The fourth-order valence-electron chi connectivity index (χ4n) is 5.81. The Balaban J connectivity index is 0.00000128. The van der Waals surface area contributed by atoms with E-state index in [1.54, 1.807) is 14.2 Å². The second-order valence-corrected chi connectivity index (χ2v) is 8.94. The van der Waals surface area contributed by atoms with Crippen LogP contribution in [0.5, 0.6) is 11.5 Å². The average Bonchev–Trinajstić information content (AvgIpc) is 3.29. The Kier molecular flexibility index (Phi) is 7.48. The van der Waals surface area contributed by atoms with Gasteiger partial charge in [0.1, 0.15) is 0 Å². The van der Waals surface area contributed by atoms with Crippen LogP contribution < -0.4 is 14.8 Å². The van der Waals surface area contributed by atoms with Crippen LogP contribution in [0.4, 0.5) is 0 Å². The Morgan fingerprint density at radius 2 is 1.87 bits per heavy atom. The van der Waals surface area contributed by atoms with Crippen molar-refractivity contribution < 1.29 is 18.9 Å². The van der Waals surface area contributed by atoms with Crippen molar-refractivity contribution in [2.45, 2.75) is 24.9 Å². The van der Waals surface area contributed by atoms with E-state index >= 15 is 0 Å². The monoisotopic (exact) mass is 460 g/mol. The molecule has 1 spiro atoms. The van der Waals surface area contributed by atoms with E-state index in [4.69, 9.17) is 18.9 Å². The Bertz CT molecular complexity index is 730. The van der Waals surface area contributed by atoms with Crippen molar-refractivity contribution in [3.8, 4) is 11.5 Å². The lowest BCUT2D eigenvalue weighted by Gasteiger charge is -2.46. The first-order valence-electron chi connectivity index (χ1n) is 10.6. The van der Waals surface area contributed by atoms with Crippen LogP contribution in [0.3, 0.4) is 0 Å². The zero-order valence-corrected chi connectivity index (χ0v) is 19.5. The van der Waals surface area contributed by atoms with E-state index in [0.717, 1.165) is 83.3 Å². The molecule has 5 rings (SSSR count). The molecule has 170 valence electrons. The standard InChI is InChI=1S/C22H32N2O4.2ClH/c1-25-19-9-16-3-8-28-22(18(16)10-20(19)26-2)4-6-24(7-5-22)14-21-13-23-11-17(21)12-27-15-21;;/h9-10,17,23H,3-8,11-15H2,1-2H3;2*1H/t17-,21-;;/m0../s1. The number of nitrogens with one attached hydrogen (secondary N) is 1. The van der Waals surface area contributed by atoms with E-state index < -0.39 is 0 Å². The molecule has 0 radical (unpaired) electrons. The van der Waals surface area contributed by atoms with Crippen LogP contribution in [0.1, 0.15) is 24.0 Å². The van der Waals surface area contributed by atoms with Crippen molar-refractivity contribution >= 4 is 24.8 Å². The largest absolute Gasteiger partial charge is 0.493 e. The molecule has 0 aliphatic carbocycles. The minimum absolute atomic E-state index is 0. The molecule has 0 amide bonds. The number of methoxy groups -OCH3 is 2. The number of benzene rings is 1. The maximum Gasteiger partial charge on any atom is 0.161 e. The van der Waals surface area contributed by atoms with Gasteiger partial charge in [-0.05, 0) is 42.5 Å². The van der Waals surface area contributed by atoms with Crippen LogP contribution in [0.25, 0.3) is 0 Å². The molecule has 1 N–H and O–H groups in total. The molecule has 1 aromatic carbocycles. The molecule has 8 heteroatoms. The van der Waals surface area contributed by atoms with Gasteiger partial charge >= 0.3 is 0 Å². The molecule has 4 heterocycles. The fourth-order valence-corrected chi connectivity index (χ4v) is 5.81. The van der Waals surface area contributed by atoms with Crippen LogP contribution in [0.15, 0.2) is 12.1 Å². The Hall–Kier alpha value is -0.760. The molecule has 4 aliphatic heterocycles. The molecule has 1 aromatic rings. The SMILES string of the molecule is COc1cc2c(cc1OC)C1(CCN(C[C@]34CNC[C@H]3COC4)CC1)OCC2.Cl.Cl. The Morgan fingerprint density at radius 3 is 2.60 bits per heavy atom. The average molecular weight is 461 g/mol. The van der Waals surface area contributed by atoms with Gasteiger partial charge in [-0.3, -0.25) is 0 Å². The van der Waals surface area contributed by atoms with Gasteiger partial charge in [0.2, 0.25) is 0 Å². The first-order chi connectivity index (χ1) is 13.7. The summed E-state index contributed by atoms with van der Waals surface area (Å²) in [5.74, 6) is 2.29. The third-order valence-electron chi connectivity index (χ3n) is 7.49. The van der Waals surface area contributed by atoms with E-state index in [0.29, 0.717) is 11.3 Å². The highest BCUT2D eigenvalue weighted by Gasteiger charge is 2.49. The van der Waals surface area contributed by atoms with Gasteiger partial charge in [0.25, 0.3) is 0 Å². The normalized spacial score (nSPS) is 29.5. The van der Waals surface area contributed by atoms with Gasteiger partial charge in [-0.1, -0.05) is 0 Å². The summed E-state index contributed by atoms with van der Waals surface area (Å²) >= 11 is 0. The first-order valence-corrected chi connectivity index (χ1v) is 10.6. The number of fused-ring (bicyclic) bond motifs is 3. The first kappa shape index (κ1) is 23.9. The quantitative estimate of drug-likeness (QED) is 0.745. The predicted molar refractivity (Wildman–Crippen MR) is 121 cm³/mol. The van der Waals surface area contributed by atoms with Crippen molar-refractivity contribution in [3.05, 3.63) is 23.3 Å². The van der Waals surface area contributed by atoms with Gasteiger partial charge in [-0.2, -0.15) is 0 Å². The van der Waals surface area contributed by atoms with Crippen molar-refractivity contribution in [2.75, 3.05) is 66.8 Å². The van der Waals surface area contributed by atoms with Crippen LogP contribution in [-0.4, -0.2) is 71.7 Å². The molecule has 0 aromatic heterocycles. The summed E-state index contributed by atoms with van der Waals surface area (Å²) in [4.78, 5) is 2.64. The minimum atomic E-state index is -0.180. The number of rotatable bonds is 4. The molecule has 3 saturated heterocycles. The van der Waals surface area contributed by atoms with Crippen LogP contribution >= 0.6 is 24.8 Å². The molecular weight excluding hydrogens is 427 g/mol. The van der Waals surface area contributed by atoms with E-state index in [9.17, 15) is 0 Å². The van der Waals surface area contributed by atoms with Gasteiger partial charge in [0.05, 0.1) is 39.6 Å². The topological polar surface area (TPSA) is 52.2 Å². The third kappa shape index (κ3) is 3.91. The number of likely N-dealkylation sites (tertiary alicyclic amines) is 1. The summed E-state index contributed by atoms with van der Waals surface area (Å²) in [5.41, 5.74) is 2.78. The lowest BCUT2D eigenvalue weighted by molar-refractivity contribution is -0.102. The lowest BCUT2D eigenvalue weighted by Crippen LogP contribution is -2.51. The number of halogens is 2. The van der Waals surface area contributed by atoms with Gasteiger partial charge in [-0.15, -0.1) is 24.8 Å². The second kappa shape index (κ2) is 9.39. The summed E-state index contributed by atoms with van der Waals surface area (Å²) in [6.45, 7) is 8.09. The van der Waals surface area contributed by atoms with Crippen molar-refractivity contribution in [3.63, 3.8) is 0 Å². The van der Waals surface area contributed by atoms with Crippen LogP contribution in [-0.2, 0) is 21.5 Å². The zero-order chi connectivity index (χ0) is 19.2. The summed E-state index contributed by atoms with van der Waals surface area (Å²) < 4.78 is 23.4. The smallest absolute Gasteiger partial charge is 0.161 e. The lowest BCUT2D eigenvalue weighted by atomic mass is 9.77. The highest BCUT2D eigenvalue weighted by atomic mass is 35.5. The number of nitrogens with zero attached hydrogens (tertiary/aromatic N) is 1. The molecule has 30 heavy (non-hydrogen) atoms. The number of hydrogen-bond acceptors (Lipinski definition) is 6. The van der Waals surface area contributed by atoms with E-state index in [1.165, 1.54) is 11.1 Å². The summed E-state index contributed by atoms with van der Waals surface area (Å²) in [7, 11) is 3.41. The number of hydrogen-bond donors (Lipinski definition) is 1. The van der Waals surface area contributed by atoms with Gasteiger partial charge in [-0.25, -0.2) is 0 Å². The fraction of sp³-hybridized carbons (Fsp3) is 0.727. The number of ether oxygens (including phenoxy) is 4. The Labute approximate surface area is 191 Å². The molecule has 3 fully saturated rings. The molecule has 0 bridgehead atoms. The van der Waals surface area contributed by atoms with Gasteiger partial charge in [0, 0.05) is 44.1 Å². The predicted octanol–water partition coefficient (Wildman–Crippen LogP) is 2.65. The molecular formula is C22H34Cl2N2O4. The van der Waals surface area contributed by atoms with Crippen molar-refractivity contribution in [1.82, 2.24) is 10.2 Å². The second-order valence-electron chi connectivity index (χ2n) is 8.94.